The van der Waals surface area contributed by atoms with Crippen LogP contribution in [0, 0.1) is 10.6 Å². The van der Waals surface area contributed by atoms with Gasteiger partial charge in [-0.1, -0.05) is 6.07 Å². The lowest BCUT2D eigenvalue weighted by Crippen LogP contribution is -1.86. The summed E-state index contributed by atoms with van der Waals surface area (Å²) in [6.07, 6.45) is 3.72. The van der Waals surface area contributed by atoms with Crippen LogP contribution in [0.2, 0.25) is 0 Å². The van der Waals surface area contributed by atoms with Crippen LogP contribution in [0.5, 0.6) is 0 Å². The van der Waals surface area contributed by atoms with Gasteiger partial charge in [-0.3, -0.25) is 4.98 Å². The summed E-state index contributed by atoms with van der Waals surface area (Å²) in [4.78, 5) is 8.56. The Morgan fingerprint density at radius 3 is 2.43 bits per heavy atom. The van der Waals surface area contributed by atoms with Crippen molar-refractivity contribution in [1.82, 2.24) is 9.97 Å². The summed E-state index contributed by atoms with van der Waals surface area (Å²) < 4.78 is 0.999. The first-order valence-corrected chi connectivity index (χ1v) is 5.38. The van der Waals surface area contributed by atoms with Crippen LogP contribution >= 0.6 is 22.6 Å². The van der Waals surface area contributed by atoms with E-state index in [1.807, 2.05) is 37.5 Å². The van der Waals surface area contributed by atoms with Crippen LogP contribution < -0.4 is 0 Å². The number of aromatic nitrogens is 2. The van der Waals surface area contributed by atoms with Crippen molar-refractivity contribution in [1.29, 1.82) is 0 Å². The first-order valence-electron chi connectivity index (χ1n) is 4.30. The summed E-state index contributed by atoms with van der Waals surface area (Å²) in [5.41, 5.74) is 3.21. The molecule has 0 aliphatic carbocycles. The molecule has 2 aromatic heterocycles. The number of hydrogen-bond acceptors (Lipinski definition) is 2. The largest absolute Gasteiger partial charge is 0.256 e. The van der Waals surface area contributed by atoms with E-state index >= 15 is 0 Å². The maximum atomic E-state index is 4.34. The summed E-state index contributed by atoms with van der Waals surface area (Å²) in [5.74, 6) is 0. The fourth-order valence-electron chi connectivity index (χ4n) is 1.17. The predicted octanol–water partition coefficient (Wildman–Crippen LogP) is 3.06. The molecule has 0 N–H and O–H groups in total. The van der Waals surface area contributed by atoms with Gasteiger partial charge in [0.25, 0.3) is 0 Å². The van der Waals surface area contributed by atoms with E-state index in [2.05, 4.69) is 38.6 Å². The van der Waals surface area contributed by atoms with E-state index in [0.29, 0.717) is 0 Å². The first kappa shape index (κ1) is 9.58. The molecule has 14 heavy (non-hydrogen) atoms. The Labute approximate surface area is 96.6 Å². The van der Waals surface area contributed by atoms with Crippen LogP contribution in [0.15, 0.2) is 36.7 Å². The molecule has 2 aromatic rings. The highest BCUT2D eigenvalue weighted by molar-refractivity contribution is 14.1. The molecule has 0 spiro atoms. The van der Waals surface area contributed by atoms with E-state index in [-0.39, 0.29) is 0 Å². The highest BCUT2D eigenvalue weighted by atomic mass is 127. The van der Waals surface area contributed by atoms with Crippen LogP contribution in [0.25, 0.3) is 11.3 Å². The first-order chi connectivity index (χ1) is 6.75. The Balaban J connectivity index is 2.40. The summed E-state index contributed by atoms with van der Waals surface area (Å²) in [6, 6.07) is 8.09. The van der Waals surface area contributed by atoms with Gasteiger partial charge in [0.15, 0.2) is 0 Å². The van der Waals surface area contributed by atoms with Crippen molar-refractivity contribution in [2.24, 2.45) is 0 Å². The van der Waals surface area contributed by atoms with Gasteiger partial charge in [0, 0.05) is 18.0 Å². The standard InChI is InChI=1S/C11H9IN2/c1-8-2-4-10(13-6-8)9-3-5-11(12)14-7-9/h2-7H,1H3. The fraction of sp³-hybridized carbons (Fsp3) is 0.0909. The fourth-order valence-corrected chi connectivity index (χ4v) is 1.48. The second kappa shape index (κ2) is 4.04. The van der Waals surface area contributed by atoms with E-state index in [4.69, 9.17) is 0 Å². The number of pyridine rings is 2. The van der Waals surface area contributed by atoms with Crippen molar-refractivity contribution < 1.29 is 0 Å². The summed E-state index contributed by atoms with van der Waals surface area (Å²) in [7, 11) is 0. The van der Waals surface area contributed by atoms with Gasteiger partial charge >= 0.3 is 0 Å². The van der Waals surface area contributed by atoms with Crippen LogP contribution in [-0.4, -0.2) is 9.97 Å². The highest BCUT2D eigenvalue weighted by Crippen LogP contribution is 2.16. The highest BCUT2D eigenvalue weighted by Gasteiger charge is 1.98. The normalized spacial score (nSPS) is 10.1. The molecule has 2 nitrogen and oxygen atoms in total. The Morgan fingerprint density at radius 1 is 1.00 bits per heavy atom. The van der Waals surface area contributed by atoms with Gasteiger partial charge in [-0.15, -0.1) is 0 Å². The molecule has 0 fully saturated rings. The van der Waals surface area contributed by atoms with Gasteiger partial charge < -0.3 is 0 Å². The Kier molecular flexibility index (Phi) is 2.77. The second-order valence-corrected chi connectivity index (χ2v) is 4.20. The Morgan fingerprint density at radius 2 is 1.86 bits per heavy atom. The number of halogens is 1. The molecular formula is C11H9IN2. The van der Waals surface area contributed by atoms with Crippen LogP contribution in [-0.2, 0) is 0 Å². The third-order valence-electron chi connectivity index (χ3n) is 1.93. The number of aryl methyl sites for hydroxylation is 1. The smallest absolute Gasteiger partial charge is 0.101 e. The molecule has 70 valence electrons. The Hall–Kier alpha value is -0.970. The van der Waals surface area contributed by atoms with Crippen molar-refractivity contribution in [2.75, 3.05) is 0 Å². The molecule has 0 unspecified atom stereocenters. The molecule has 0 amide bonds. The maximum Gasteiger partial charge on any atom is 0.101 e. The van der Waals surface area contributed by atoms with E-state index in [9.17, 15) is 0 Å². The summed E-state index contributed by atoms with van der Waals surface area (Å²) in [5, 5.41) is 0. The molecule has 0 aliphatic heterocycles. The van der Waals surface area contributed by atoms with Gasteiger partial charge in [0.1, 0.15) is 3.70 Å². The Bertz CT molecular complexity index is 377. The molecule has 2 heterocycles. The SMILES string of the molecule is Cc1ccc(-c2ccc(I)nc2)nc1. The number of rotatable bonds is 1. The minimum atomic E-state index is 0.972. The molecule has 0 aliphatic rings. The molecule has 0 aromatic carbocycles. The molecule has 3 heteroatoms. The van der Waals surface area contributed by atoms with Crippen LogP contribution in [0.4, 0.5) is 0 Å². The van der Waals surface area contributed by atoms with Crippen molar-refractivity contribution in [3.63, 3.8) is 0 Å². The van der Waals surface area contributed by atoms with Crippen molar-refractivity contribution in [3.8, 4) is 11.3 Å². The second-order valence-electron chi connectivity index (χ2n) is 3.09. The van der Waals surface area contributed by atoms with Gasteiger partial charge in [0.2, 0.25) is 0 Å². The molecule has 0 saturated carbocycles. The van der Waals surface area contributed by atoms with E-state index in [1.165, 1.54) is 5.56 Å². The van der Waals surface area contributed by atoms with Gasteiger partial charge in [-0.2, -0.15) is 0 Å². The maximum absolute atomic E-state index is 4.34. The minimum Gasteiger partial charge on any atom is -0.256 e. The number of nitrogens with zero attached hydrogens (tertiary/aromatic N) is 2. The minimum absolute atomic E-state index is 0.972. The molecule has 2 rings (SSSR count). The zero-order valence-corrected chi connectivity index (χ0v) is 9.89. The quantitative estimate of drug-likeness (QED) is 0.597. The third kappa shape index (κ3) is 2.09. The zero-order valence-electron chi connectivity index (χ0n) is 7.74. The van der Waals surface area contributed by atoms with Crippen molar-refractivity contribution in [2.45, 2.75) is 6.92 Å². The molecule has 0 saturated heterocycles. The lowest BCUT2D eigenvalue weighted by Gasteiger charge is -2.00. The van der Waals surface area contributed by atoms with Crippen molar-refractivity contribution in [3.05, 3.63) is 45.9 Å². The van der Waals surface area contributed by atoms with Crippen molar-refractivity contribution >= 4 is 22.6 Å². The van der Waals surface area contributed by atoms with E-state index in [1.54, 1.807) is 0 Å². The molecular weight excluding hydrogens is 287 g/mol. The average molecular weight is 296 g/mol. The molecule has 0 atom stereocenters. The van der Waals surface area contributed by atoms with Gasteiger partial charge in [0.05, 0.1) is 5.69 Å². The lowest BCUT2D eigenvalue weighted by atomic mass is 10.2. The summed E-state index contributed by atoms with van der Waals surface area (Å²) in [6.45, 7) is 2.03. The third-order valence-corrected chi connectivity index (χ3v) is 2.57. The zero-order chi connectivity index (χ0) is 9.97. The molecule has 0 bridgehead atoms. The topological polar surface area (TPSA) is 25.8 Å². The monoisotopic (exact) mass is 296 g/mol. The van der Waals surface area contributed by atoms with Gasteiger partial charge in [-0.05, 0) is 53.3 Å². The number of hydrogen-bond donors (Lipinski definition) is 0. The van der Waals surface area contributed by atoms with Crippen LogP contribution in [0.1, 0.15) is 5.56 Å². The van der Waals surface area contributed by atoms with E-state index < -0.39 is 0 Å². The average Bonchev–Trinajstić information content (AvgIpc) is 2.21. The summed E-state index contributed by atoms with van der Waals surface area (Å²) >= 11 is 2.19. The predicted molar refractivity (Wildman–Crippen MR) is 64.9 cm³/mol. The van der Waals surface area contributed by atoms with Gasteiger partial charge in [-0.25, -0.2) is 4.98 Å². The lowest BCUT2D eigenvalue weighted by molar-refractivity contribution is 1.23. The molecule has 0 radical (unpaired) electrons. The van der Waals surface area contributed by atoms with Crippen LogP contribution in [0.3, 0.4) is 0 Å². The van der Waals surface area contributed by atoms with E-state index in [0.717, 1.165) is 15.0 Å².